The van der Waals surface area contributed by atoms with E-state index in [1.165, 1.54) is 38.5 Å². The van der Waals surface area contributed by atoms with Crippen molar-refractivity contribution in [3.8, 4) is 11.5 Å². The predicted molar refractivity (Wildman–Crippen MR) is 218 cm³/mol. The van der Waals surface area contributed by atoms with Gasteiger partial charge in [0, 0.05) is 35.8 Å². The Bertz CT molecular complexity index is 1770. The maximum atomic E-state index is 13.7. The molecule has 10 heteroatoms. The maximum Gasteiger partial charge on any atom is 0.165 e. The third kappa shape index (κ3) is 11.5. The molecule has 6 rings (SSSR count). The Morgan fingerprint density at radius 2 is 0.946 bits per heavy atom. The van der Waals surface area contributed by atoms with Crippen LogP contribution in [0.3, 0.4) is 0 Å². The molecule has 0 spiro atoms. The minimum atomic E-state index is -0.267. The van der Waals surface area contributed by atoms with Crippen LogP contribution in [0.25, 0.3) is 0 Å². The maximum absolute atomic E-state index is 13.7. The van der Waals surface area contributed by atoms with Gasteiger partial charge < -0.3 is 18.9 Å². The van der Waals surface area contributed by atoms with E-state index in [9.17, 15) is 9.59 Å². The van der Waals surface area contributed by atoms with Crippen LogP contribution in [0.5, 0.6) is 11.5 Å². The van der Waals surface area contributed by atoms with Gasteiger partial charge in [0.05, 0.1) is 61.4 Å². The minimum absolute atomic E-state index is 0.0485. The largest absolute Gasteiger partial charge is 0.494 e. The van der Waals surface area contributed by atoms with Crippen LogP contribution in [0.15, 0.2) is 118 Å². The predicted octanol–water partition coefficient (Wildman–Crippen LogP) is 12.3. The first kappa shape index (κ1) is 40.6. The third-order valence-electron chi connectivity index (χ3n) is 10.3. The summed E-state index contributed by atoms with van der Waals surface area (Å²) in [6, 6.07) is 29.5. The molecule has 10 nitrogen and oxygen atoms in total. The third-order valence-corrected chi connectivity index (χ3v) is 10.3. The van der Waals surface area contributed by atoms with E-state index in [1.807, 2.05) is 72.8 Å². The number of benzene rings is 4. The first-order valence-electron chi connectivity index (χ1n) is 20.3. The molecule has 4 aromatic carbocycles. The lowest BCUT2D eigenvalue weighted by Gasteiger charge is -2.16. The molecule has 0 aliphatic carbocycles. The van der Waals surface area contributed by atoms with Crippen LogP contribution >= 0.6 is 0 Å². The topological polar surface area (TPSA) is 120 Å². The summed E-state index contributed by atoms with van der Waals surface area (Å²) >= 11 is 0. The SMILES string of the molecule is CCCCCCOc1ccc(N=Nc2ccccc2C(=O)C[C@@H]2CO[C@@H]3[C@H](CC(=O)c4ccccc4N=Nc4ccc(OCCCCCC)cc4)CO[C@H]23)cc1. The number of nitrogens with zero attached hydrogens (tertiary/aromatic N) is 4. The Balaban J connectivity index is 1.00. The van der Waals surface area contributed by atoms with Crippen molar-refractivity contribution in [3.05, 3.63) is 108 Å². The molecule has 2 aliphatic rings. The normalized spacial score (nSPS) is 19.1. The van der Waals surface area contributed by atoms with Crippen molar-refractivity contribution < 1.29 is 28.5 Å². The molecule has 4 aromatic rings. The van der Waals surface area contributed by atoms with Crippen LogP contribution in [-0.4, -0.2) is 50.2 Å². The molecule has 0 saturated carbocycles. The number of hydrogen-bond acceptors (Lipinski definition) is 10. The Morgan fingerprint density at radius 3 is 1.36 bits per heavy atom. The summed E-state index contributed by atoms with van der Waals surface area (Å²) in [4.78, 5) is 27.3. The summed E-state index contributed by atoms with van der Waals surface area (Å²) in [6.45, 7) is 6.55. The zero-order chi connectivity index (χ0) is 39.0. The summed E-state index contributed by atoms with van der Waals surface area (Å²) in [5.74, 6) is 1.24. The molecule has 2 fully saturated rings. The quantitative estimate of drug-likeness (QED) is 0.0447. The van der Waals surface area contributed by atoms with Crippen molar-refractivity contribution in [2.45, 2.75) is 90.3 Å². The van der Waals surface area contributed by atoms with Crippen LogP contribution in [0.1, 0.15) is 98.8 Å². The van der Waals surface area contributed by atoms with Gasteiger partial charge in [-0.2, -0.15) is 10.2 Å². The number of hydrogen-bond donors (Lipinski definition) is 0. The lowest BCUT2D eigenvalue weighted by Crippen LogP contribution is -2.28. The molecule has 0 aromatic heterocycles. The van der Waals surface area contributed by atoms with Gasteiger partial charge in [-0.1, -0.05) is 76.6 Å². The van der Waals surface area contributed by atoms with Crippen molar-refractivity contribution in [1.29, 1.82) is 0 Å². The number of fused-ring (bicyclic) bond motifs is 1. The van der Waals surface area contributed by atoms with Gasteiger partial charge in [0.2, 0.25) is 0 Å². The second-order valence-electron chi connectivity index (χ2n) is 14.6. The van der Waals surface area contributed by atoms with Crippen molar-refractivity contribution in [2.75, 3.05) is 26.4 Å². The van der Waals surface area contributed by atoms with E-state index in [-0.39, 0.29) is 48.5 Å². The number of azo groups is 2. The number of carbonyl (C=O) groups is 2. The summed E-state index contributed by atoms with van der Waals surface area (Å²) in [7, 11) is 0. The highest BCUT2D eigenvalue weighted by molar-refractivity contribution is 6.01. The fourth-order valence-electron chi connectivity index (χ4n) is 7.18. The van der Waals surface area contributed by atoms with E-state index in [1.54, 1.807) is 24.3 Å². The molecule has 0 radical (unpaired) electrons. The van der Waals surface area contributed by atoms with Crippen molar-refractivity contribution in [2.24, 2.45) is 32.3 Å². The van der Waals surface area contributed by atoms with Gasteiger partial charge in [-0.25, -0.2) is 0 Å². The monoisotopic (exact) mass is 758 g/mol. The number of rotatable bonds is 22. The standard InChI is InChI=1S/C46H54N4O6/c1-3-5-7-13-27-53-37-23-19-35(20-24-37)47-49-41-17-11-9-15-39(41)43(51)29-33-31-55-46-34(32-56-45(33)46)30-44(52)40-16-10-12-18-42(40)50-48-36-21-25-38(26-22-36)54-28-14-8-6-4-2/h9-12,15-26,33-34,45-46H,3-8,13-14,27-32H2,1-2H3/t33-,34-,45-,46-/m1/s1. The Labute approximate surface area is 330 Å². The highest BCUT2D eigenvalue weighted by Gasteiger charge is 2.48. The summed E-state index contributed by atoms with van der Waals surface area (Å²) in [5, 5.41) is 17.7. The molecular weight excluding hydrogens is 705 g/mol. The van der Waals surface area contributed by atoms with Crippen LogP contribution < -0.4 is 9.47 Å². The van der Waals surface area contributed by atoms with E-state index in [4.69, 9.17) is 18.9 Å². The number of ketones is 2. The lowest BCUT2D eigenvalue weighted by atomic mass is 9.88. The van der Waals surface area contributed by atoms with Gasteiger partial charge in [0.25, 0.3) is 0 Å². The van der Waals surface area contributed by atoms with Crippen molar-refractivity contribution in [1.82, 2.24) is 0 Å². The fourth-order valence-corrected chi connectivity index (χ4v) is 7.18. The van der Waals surface area contributed by atoms with Gasteiger partial charge in [-0.3, -0.25) is 9.59 Å². The average Bonchev–Trinajstić information content (AvgIpc) is 3.82. The van der Waals surface area contributed by atoms with E-state index in [2.05, 4.69) is 34.3 Å². The van der Waals surface area contributed by atoms with Crippen molar-refractivity contribution >= 4 is 34.3 Å². The molecule has 2 saturated heterocycles. The molecule has 294 valence electrons. The Morgan fingerprint density at radius 1 is 0.536 bits per heavy atom. The average molecular weight is 759 g/mol. The van der Waals surface area contributed by atoms with Crippen molar-refractivity contribution in [3.63, 3.8) is 0 Å². The summed E-state index contributed by atoms with van der Waals surface area (Å²) < 4.78 is 24.1. The van der Waals surface area contributed by atoms with Crippen LogP contribution in [0.4, 0.5) is 22.7 Å². The fraction of sp³-hybridized carbons (Fsp3) is 0.435. The second-order valence-corrected chi connectivity index (χ2v) is 14.6. The molecule has 56 heavy (non-hydrogen) atoms. The minimum Gasteiger partial charge on any atom is -0.494 e. The van der Waals surface area contributed by atoms with Gasteiger partial charge in [0.15, 0.2) is 11.6 Å². The van der Waals surface area contributed by atoms with E-state index in [0.29, 0.717) is 60.3 Å². The van der Waals surface area contributed by atoms with Crippen LogP contribution in [0, 0.1) is 11.8 Å². The summed E-state index contributed by atoms with van der Waals surface area (Å²) in [6.07, 6.45) is 9.20. The Kier molecular flexibility index (Phi) is 15.4. The Hall–Kier alpha value is -5.06. The zero-order valence-electron chi connectivity index (χ0n) is 32.7. The van der Waals surface area contributed by atoms with Crippen LogP contribution in [0.2, 0.25) is 0 Å². The first-order valence-corrected chi connectivity index (χ1v) is 20.3. The lowest BCUT2D eigenvalue weighted by molar-refractivity contribution is 0.0575. The van der Waals surface area contributed by atoms with E-state index in [0.717, 1.165) is 24.3 Å². The number of ether oxygens (including phenoxy) is 4. The number of carbonyl (C=O) groups excluding carboxylic acids is 2. The van der Waals surface area contributed by atoms with Gasteiger partial charge in [-0.15, -0.1) is 10.2 Å². The second kappa shape index (κ2) is 21.3. The first-order chi connectivity index (χ1) is 27.5. The number of Topliss-reactive ketones (excluding diaryl/α,β-unsaturated/α-hetero) is 2. The highest BCUT2D eigenvalue weighted by Crippen LogP contribution is 2.39. The molecule has 0 N–H and O–H groups in total. The summed E-state index contributed by atoms with van der Waals surface area (Å²) in [5.41, 5.74) is 3.37. The molecule has 0 unspecified atom stereocenters. The highest BCUT2D eigenvalue weighted by atomic mass is 16.6. The van der Waals surface area contributed by atoms with Gasteiger partial charge in [-0.05, 0) is 85.6 Å². The van der Waals surface area contributed by atoms with Gasteiger partial charge >= 0.3 is 0 Å². The van der Waals surface area contributed by atoms with E-state index >= 15 is 0 Å². The zero-order valence-corrected chi connectivity index (χ0v) is 32.7. The molecule has 2 aliphatic heterocycles. The molecule has 4 atom stereocenters. The molecule has 0 bridgehead atoms. The number of unbranched alkanes of at least 4 members (excludes halogenated alkanes) is 6. The van der Waals surface area contributed by atoms with E-state index < -0.39 is 0 Å². The smallest absolute Gasteiger partial charge is 0.165 e. The molecule has 2 heterocycles. The van der Waals surface area contributed by atoms with Gasteiger partial charge in [0.1, 0.15) is 11.5 Å². The molecule has 0 amide bonds. The molecular formula is C46H54N4O6. The van der Waals surface area contributed by atoms with Crippen LogP contribution in [-0.2, 0) is 9.47 Å².